The average molecular weight is 206 g/mol. The predicted octanol–water partition coefficient (Wildman–Crippen LogP) is 1.56. The molecule has 1 atom stereocenters. The Kier molecular flexibility index (Phi) is 3.27. The molecule has 0 radical (unpaired) electrons. The van der Waals surface area contributed by atoms with Crippen LogP contribution in [0.25, 0.3) is 0 Å². The van der Waals surface area contributed by atoms with Gasteiger partial charge in [0.15, 0.2) is 0 Å². The second-order valence-electron chi connectivity index (χ2n) is 4.48. The van der Waals surface area contributed by atoms with Crippen LogP contribution in [0.15, 0.2) is 24.3 Å². The molecular weight excluding hydrogens is 186 g/mol. The van der Waals surface area contributed by atoms with Crippen LogP contribution in [0.5, 0.6) is 5.75 Å². The maximum atomic E-state index is 5.13. The van der Waals surface area contributed by atoms with Gasteiger partial charge in [0.25, 0.3) is 0 Å². The largest absolute Gasteiger partial charge is 0.497 e. The highest BCUT2D eigenvalue weighted by molar-refractivity contribution is 5.26. The van der Waals surface area contributed by atoms with Crippen molar-refractivity contribution in [2.45, 2.75) is 32.4 Å². The summed E-state index contributed by atoms with van der Waals surface area (Å²) in [4.78, 5) is 0. The highest BCUT2D eigenvalue weighted by atomic mass is 16.5. The zero-order valence-corrected chi connectivity index (χ0v) is 9.57. The molecule has 82 valence electrons. The lowest BCUT2D eigenvalue weighted by Gasteiger charge is -2.09. The summed E-state index contributed by atoms with van der Waals surface area (Å²) < 4.78 is 5.13. The molecule has 0 heterocycles. The van der Waals surface area contributed by atoms with Gasteiger partial charge < -0.3 is 10.1 Å². The molecule has 0 saturated heterocycles. The van der Waals surface area contributed by atoms with Crippen LogP contribution in [0.3, 0.4) is 0 Å². The van der Waals surface area contributed by atoms with E-state index >= 15 is 0 Å². The quantitative estimate of drug-likeness (QED) is 0.777. The second kappa shape index (κ2) is 4.67. The van der Waals surface area contributed by atoms with Gasteiger partial charge in [0.2, 0.25) is 0 Å². The molecule has 2 heteroatoms. The Hall–Kier alpha value is -1.02. The van der Waals surface area contributed by atoms with Gasteiger partial charge in [-0.2, -0.15) is 0 Å². The van der Waals surface area contributed by atoms with E-state index in [1.165, 1.54) is 18.4 Å². The van der Waals surface area contributed by atoms with Crippen molar-refractivity contribution in [1.82, 2.24) is 0 Å². The number of methoxy groups -OCH3 is 1. The smallest absolute Gasteiger partial charge is 0.118 e. The van der Waals surface area contributed by atoms with Gasteiger partial charge >= 0.3 is 0 Å². The molecule has 2 N–H and O–H groups in total. The zero-order chi connectivity index (χ0) is 10.7. The van der Waals surface area contributed by atoms with Crippen molar-refractivity contribution in [2.75, 3.05) is 7.11 Å². The summed E-state index contributed by atoms with van der Waals surface area (Å²) in [5.41, 5.74) is 1.38. The molecule has 2 rings (SSSR count). The third-order valence-electron chi connectivity index (χ3n) is 3.25. The molecule has 1 aliphatic rings. The van der Waals surface area contributed by atoms with Crippen molar-refractivity contribution in [3.05, 3.63) is 29.8 Å². The third-order valence-corrected chi connectivity index (χ3v) is 3.25. The van der Waals surface area contributed by atoms with E-state index in [0.717, 1.165) is 24.3 Å². The van der Waals surface area contributed by atoms with Crippen LogP contribution in [0.2, 0.25) is 0 Å². The Morgan fingerprint density at radius 1 is 1.33 bits per heavy atom. The first kappa shape index (κ1) is 10.5. The molecule has 1 fully saturated rings. The minimum absolute atomic E-state index is 0.784. The number of ether oxygens (including phenoxy) is 1. The molecule has 1 aromatic carbocycles. The molecular formula is C13H20NO+. The summed E-state index contributed by atoms with van der Waals surface area (Å²) in [6.45, 7) is 3.42. The maximum Gasteiger partial charge on any atom is 0.118 e. The number of quaternary nitrogens is 1. The molecule has 15 heavy (non-hydrogen) atoms. The van der Waals surface area contributed by atoms with E-state index in [1.54, 1.807) is 7.11 Å². The minimum atomic E-state index is 0.784. The zero-order valence-electron chi connectivity index (χ0n) is 9.57. The Balaban J connectivity index is 1.81. The van der Waals surface area contributed by atoms with Crippen LogP contribution >= 0.6 is 0 Å². The first-order chi connectivity index (χ1) is 7.29. The van der Waals surface area contributed by atoms with Crippen LogP contribution in [-0.2, 0) is 6.54 Å². The molecule has 0 bridgehead atoms. The topological polar surface area (TPSA) is 25.8 Å². The Labute approximate surface area is 91.6 Å². The van der Waals surface area contributed by atoms with Gasteiger partial charge in [-0.1, -0.05) is 0 Å². The average Bonchev–Trinajstić information content (AvgIpc) is 3.10. The Bertz CT molecular complexity index is 303. The fourth-order valence-corrected chi connectivity index (χ4v) is 1.90. The summed E-state index contributed by atoms with van der Waals surface area (Å²) in [5.74, 6) is 1.91. The fraction of sp³-hybridized carbons (Fsp3) is 0.538. The lowest BCUT2D eigenvalue weighted by molar-refractivity contribution is -0.704. The lowest BCUT2D eigenvalue weighted by Crippen LogP contribution is -2.88. The maximum absolute atomic E-state index is 5.13. The number of rotatable bonds is 5. The van der Waals surface area contributed by atoms with Crippen molar-refractivity contribution in [1.29, 1.82) is 0 Å². The van der Waals surface area contributed by atoms with E-state index in [2.05, 4.69) is 24.4 Å². The molecule has 0 aromatic heterocycles. The van der Waals surface area contributed by atoms with Gasteiger partial charge in [0.1, 0.15) is 12.3 Å². The predicted molar refractivity (Wildman–Crippen MR) is 60.8 cm³/mol. The van der Waals surface area contributed by atoms with Crippen molar-refractivity contribution in [2.24, 2.45) is 5.92 Å². The Morgan fingerprint density at radius 2 is 2.00 bits per heavy atom. The number of hydrogen-bond acceptors (Lipinski definition) is 1. The van der Waals surface area contributed by atoms with E-state index in [4.69, 9.17) is 4.74 Å². The van der Waals surface area contributed by atoms with Gasteiger partial charge in [-0.3, -0.25) is 0 Å². The first-order valence-corrected chi connectivity index (χ1v) is 5.76. The van der Waals surface area contributed by atoms with Crippen LogP contribution in [0.4, 0.5) is 0 Å². The number of benzene rings is 1. The second-order valence-corrected chi connectivity index (χ2v) is 4.48. The highest BCUT2D eigenvalue weighted by Gasteiger charge is 2.30. The van der Waals surface area contributed by atoms with Gasteiger partial charge in [0, 0.05) is 11.5 Å². The fourth-order valence-electron chi connectivity index (χ4n) is 1.90. The first-order valence-electron chi connectivity index (χ1n) is 5.76. The molecule has 0 aliphatic heterocycles. The molecule has 0 spiro atoms. The summed E-state index contributed by atoms with van der Waals surface area (Å²) in [5, 5.41) is 2.44. The van der Waals surface area contributed by atoms with Gasteiger partial charge in [-0.15, -0.1) is 0 Å². The standard InChI is InChI=1S/C13H19NO/c1-10(12-5-6-12)14-9-11-3-7-13(15-2)8-4-11/h3-4,7-8,10,12,14H,5-6,9H2,1-2H3/p+1/t10-/m1/s1. The van der Waals surface area contributed by atoms with E-state index < -0.39 is 0 Å². The van der Waals surface area contributed by atoms with E-state index in [-0.39, 0.29) is 0 Å². The van der Waals surface area contributed by atoms with Crippen molar-refractivity contribution >= 4 is 0 Å². The Morgan fingerprint density at radius 3 is 2.53 bits per heavy atom. The number of hydrogen-bond donors (Lipinski definition) is 1. The van der Waals surface area contributed by atoms with Gasteiger partial charge in [-0.05, 0) is 44.0 Å². The highest BCUT2D eigenvalue weighted by Crippen LogP contribution is 2.30. The van der Waals surface area contributed by atoms with E-state index in [1.807, 2.05) is 12.1 Å². The van der Waals surface area contributed by atoms with E-state index in [0.29, 0.717) is 0 Å². The summed E-state index contributed by atoms with van der Waals surface area (Å²) in [7, 11) is 1.70. The van der Waals surface area contributed by atoms with Crippen LogP contribution in [-0.4, -0.2) is 13.2 Å². The van der Waals surface area contributed by atoms with Crippen LogP contribution in [0.1, 0.15) is 25.3 Å². The van der Waals surface area contributed by atoms with Gasteiger partial charge in [-0.25, -0.2) is 0 Å². The normalized spacial score (nSPS) is 17.5. The number of nitrogens with two attached hydrogens (primary N) is 1. The van der Waals surface area contributed by atoms with Crippen LogP contribution < -0.4 is 10.1 Å². The molecule has 2 nitrogen and oxygen atoms in total. The monoisotopic (exact) mass is 206 g/mol. The van der Waals surface area contributed by atoms with Crippen molar-refractivity contribution in [3.63, 3.8) is 0 Å². The molecule has 1 aliphatic carbocycles. The SMILES string of the molecule is COc1ccc(C[NH2+][C@H](C)C2CC2)cc1. The lowest BCUT2D eigenvalue weighted by atomic mass is 10.2. The van der Waals surface area contributed by atoms with Crippen molar-refractivity contribution < 1.29 is 10.1 Å². The summed E-state index contributed by atoms with van der Waals surface area (Å²) in [6.07, 6.45) is 2.86. The third kappa shape index (κ3) is 2.96. The molecule has 0 unspecified atom stereocenters. The van der Waals surface area contributed by atoms with Crippen LogP contribution in [0, 0.1) is 5.92 Å². The summed E-state index contributed by atoms with van der Waals surface area (Å²) in [6, 6.07) is 9.15. The van der Waals surface area contributed by atoms with Gasteiger partial charge in [0.05, 0.1) is 13.2 Å². The summed E-state index contributed by atoms with van der Waals surface area (Å²) >= 11 is 0. The molecule has 1 aromatic rings. The van der Waals surface area contributed by atoms with Crippen molar-refractivity contribution in [3.8, 4) is 5.75 Å². The van der Waals surface area contributed by atoms with E-state index in [9.17, 15) is 0 Å². The molecule has 1 saturated carbocycles. The molecule has 0 amide bonds. The minimum Gasteiger partial charge on any atom is -0.497 e.